The third-order valence-electron chi connectivity index (χ3n) is 3.96. The van der Waals surface area contributed by atoms with Gasteiger partial charge in [0.25, 0.3) is 0 Å². The summed E-state index contributed by atoms with van der Waals surface area (Å²) < 4.78 is 40.2. The molecule has 0 saturated heterocycles. The predicted molar refractivity (Wildman–Crippen MR) is 103 cm³/mol. The first-order valence-corrected chi connectivity index (χ1v) is 9.46. The lowest BCUT2D eigenvalue weighted by Crippen LogP contribution is -2.15. The number of halogens is 3. The zero-order valence-corrected chi connectivity index (χ0v) is 15.8. The fourth-order valence-corrected chi connectivity index (χ4v) is 3.31. The highest BCUT2D eigenvalue weighted by atomic mass is 32.2. The highest BCUT2D eigenvalue weighted by Gasteiger charge is 2.30. The molecule has 0 atom stereocenters. The summed E-state index contributed by atoms with van der Waals surface area (Å²) in [7, 11) is 0. The summed E-state index contributed by atoms with van der Waals surface area (Å²) in [6, 6.07) is 12.7. The molecule has 4 nitrogen and oxygen atoms in total. The van der Waals surface area contributed by atoms with Crippen molar-refractivity contribution in [2.75, 3.05) is 11.1 Å². The van der Waals surface area contributed by atoms with Gasteiger partial charge in [0, 0.05) is 24.6 Å². The Morgan fingerprint density at radius 1 is 1.18 bits per heavy atom. The van der Waals surface area contributed by atoms with Crippen molar-refractivity contribution in [3.8, 4) is 0 Å². The standard InChI is InChI=1S/C20H18F3N3OS/c1-14-5-7-15(8-6-14)12-26-10-9-24-19(26)28-13-18(27)25-17-4-2-3-16(11-17)20(21,22)23/h2-11H,12-13H2,1H3,(H,25,27). The fourth-order valence-electron chi connectivity index (χ4n) is 2.55. The summed E-state index contributed by atoms with van der Waals surface area (Å²) in [5, 5.41) is 3.16. The van der Waals surface area contributed by atoms with E-state index in [2.05, 4.69) is 10.3 Å². The van der Waals surface area contributed by atoms with E-state index in [1.165, 1.54) is 29.5 Å². The van der Waals surface area contributed by atoms with Crippen molar-refractivity contribution in [3.63, 3.8) is 0 Å². The van der Waals surface area contributed by atoms with Crippen LogP contribution in [0.15, 0.2) is 66.1 Å². The molecule has 8 heteroatoms. The first kappa shape index (κ1) is 20.0. The molecule has 0 aliphatic carbocycles. The van der Waals surface area contributed by atoms with Crippen LogP contribution in [0.1, 0.15) is 16.7 Å². The van der Waals surface area contributed by atoms with Gasteiger partial charge in [-0.15, -0.1) is 0 Å². The first-order valence-electron chi connectivity index (χ1n) is 8.48. The lowest BCUT2D eigenvalue weighted by molar-refractivity contribution is -0.137. The summed E-state index contributed by atoms with van der Waals surface area (Å²) in [4.78, 5) is 16.4. The van der Waals surface area contributed by atoms with Gasteiger partial charge in [-0.3, -0.25) is 4.79 Å². The van der Waals surface area contributed by atoms with Gasteiger partial charge >= 0.3 is 6.18 Å². The van der Waals surface area contributed by atoms with E-state index in [9.17, 15) is 18.0 Å². The number of alkyl halides is 3. The largest absolute Gasteiger partial charge is 0.416 e. The minimum absolute atomic E-state index is 0.0428. The number of hydrogen-bond acceptors (Lipinski definition) is 3. The number of rotatable bonds is 6. The second-order valence-electron chi connectivity index (χ2n) is 6.24. The molecule has 0 unspecified atom stereocenters. The van der Waals surface area contributed by atoms with Crippen molar-refractivity contribution >= 4 is 23.4 Å². The topological polar surface area (TPSA) is 46.9 Å². The summed E-state index contributed by atoms with van der Waals surface area (Å²) in [5.41, 5.74) is 1.60. The maximum atomic E-state index is 12.8. The Bertz CT molecular complexity index is 952. The summed E-state index contributed by atoms with van der Waals surface area (Å²) in [6.45, 7) is 2.64. The monoisotopic (exact) mass is 405 g/mol. The summed E-state index contributed by atoms with van der Waals surface area (Å²) in [5.74, 6) is -0.351. The Kier molecular flexibility index (Phi) is 6.08. The minimum atomic E-state index is -4.45. The van der Waals surface area contributed by atoms with Crippen molar-refractivity contribution in [3.05, 3.63) is 77.6 Å². The number of thioether (sulfide) groups is 1. The number of benzene rings is 2. The molecule has 1 heterocycles. The molecule has 3 rings (SSSR count). The molecule has 0 aliphatic rings. The number of aryl methyl sites for hydroxylation is 1. The van der Waals surface area contributed by atoms with Crippen molar-refractivity contribution in [2.24, 2.45) is 0 Å². The molecule has 1 N–H and O–H groups in total. The fraction of sp³-hybridized carbons (Fsp3) is 0.200. The van der Waals surface area contributed by atoms with Gasteiger partial charge in [0.05, 0.1) is 11.3 Å². The highest BCUT2D eigenvalue weighted by molar-refractivity contribution is 7.99. The Labute approximate surface area is 164 Å². The van der Waals surface area contributed by atoms with E-state index in [-0.39, 0.29) is 11.4 Å². The molecule has 2 aromatic carbocycles. The lowest BCUT2D eigenvalue weighted by Gasteiger charge is -2.10. The average Bonchev–Trinajstić information content (AvgIpc) is 3.08. The Balaban J connectivity index is 1.58. The first-order chi connectivity index (χ1) is 13.3. The number of carbonyl (C=O) groups is 1. The lowest BCUT2D eigenvalue weighted by atomic mass is 10.1. The number of anilines is 1. The normalized spacial score (nSPS) is 11.4. The SMILES string of the molecule is Cc1ccc(Cn2ccnc2SCC(=O)Nc2cccc(C(F)(F)F)c2)cc1. The van der Waals surface area contributed by atoms with Gasteiger partial charge in [-0.05, 0) is 30.7 Å². The van der Waals surface area contributed by atoms with E-state index < -0.39 is 17.6 Å². The van der Waals surface area contributed by atoms with Crippen LogP contribution in [0.3, 0.4) is 0 Å². The van der Waals surface area contributed by atoms with E-state index in [1.54, 1.807) is 6.20 Å². The number of nitrogens with one attached hydrogen (secondary N) is 1. The predicted octanol–water partition coefficient (Wildman–Crippen LogP) is 4.99. The van der Waals surface area contributed by atoms with Gasteiger partial charge in [-0.25, -0.2) is 4.98 Å². The van der Waals surface area contributed by atoms with E-state index in [1.807, 2.05) is 42.0 Å². The molecule has 0 fully saturated rings. The van der Waals surface area contributed by atoms with Gasteiger partial charge in [-0.1, -0.05) is 47.7 Å². The number of carbonyl (C=O) groups excluding carboxylic acids is 1. The van der Waals surface area contributed by atoms with Crippen molar-refractivity contribution < 1.29 is 18.0 Å². The molecule has 0 radical (unpaired) electrons. The van der Waals surface area contributed by atoms with Crippen LogP contribution in [0.5, 0.6) is 0 Å². The molecule has 0 bridgehead atoms. The Morgan fingerprint density at radius 2 is 1.93 bits per heavy atom. The molecular weight excluding hydrogens is 387 g/mol. The average molecular weight is 405 g/mol. The van der Waals surface area contributed by atoms with Gasteiger partial charge in [0.15, 0.2) is 5.16 Å². The zero-order valence-electron chi connectivity index (χ0n) is 15.0. The third-order valence-corrected chi connectivity index (χ3v) is 4.96. The molecule has 28 heavy (non-hydrogen) atoms. The number of amides is 1. The van der Waals surface area contributed by atoms with Gasteiger partial charge in [-0.2, -0.15) is 13.2 Å². The van der Waals surface area contributed by atoms with Gasteiger partial charge in [0.2, 0.25) is 5.91 Å². The van der Waals surface area contributed by atoms with Gasteiger partial charge < -0.3 is 9.88 Å². The Hall–Kier alpha value is -2.74. The molecule has 1 amide bonds. The third kappa shape index (κ3) is 5.39. The second kappa shape index (κ2) is 8.52. The van der Waals surface area contributed by atoms with Crippen LogP contribution < -0.4 is 5.32 Å². The molecule has 146 valence electrons. The van der Waals surface area contributed by atoms with E-state index in [4.69, 9.17) is 0 Å². The maximum Gasteiger partial charge on any atom is 0.416 e. The summed E-state index contributed by atoms with van der Waals surface area (Å²) in [6.07, 6.45) is -0.968. The maximum absolute atomic E-state index is 12.8. The number of imidazole rings is 1. The second-order valence-corrected chi connectivity index (χ2v) is 7.18. The number of nitrogens with zero attached hydrogens (tertiary/aromatic N) is 2. The van der Waals surface area contributed by atoms with Crippen LogP contribution in [0.4, 0.5) is 18.9 Å². The van der Waals surface area contributed by atoms with Crippen LogP contribution >= 0.6 is 11.8 Å². The smallest absolute Gasteiger partial charge is 0.325 e. The minimum Gasteiger partial charge on any atom is -0.325 e. The van der Waals surface area contributed by atoms with Crippen LogP contribution in [-0.2, 0) is 17.5 Å². The number of hydrogen-bond donors (Lipinski definition) is 1. The zero-order chi connectivity index (χ0) is 20.1. The summed E-state index contributed by atoms with van der Waals surface area (Å²) >= 11 is 1.23. The van der Waals surface area contributed by atoms with E-state index in [0.29, 0.717) is 11.7 Å². The quantitative estimate of drug-likeness (QED) is 0.588. The number of aromatic nitrogens is 2. The van der Waals surface area contributed by atoms with Crippen molar-refractivity contribution in [1.82, 2.24) is 9.55 Å². The molecule has 0 saturated carbocycles. The Morgan fingerprint density at radius 3 is 2.64 bits per heavy atom. The van der Waals surface area contributed by atoms with Crippen molar-refractivity contribution in [2.45, 2.75) is 24.8 Å². The van der Waals surface area contributed by atoms with Crippen LogP contribution in [0.25, 0.3) is 0 Å². The van der Waals surface area contributed by atoms with E-state index >= 15 is 0 Å². The molecule has 1 aromatic heterocycles. The van der Waals surface area contributed by atoms with Gasteiger partial charge in [0.1, 0.15) is 0 Å². The van der Waals surface area contributed by atoms with E-state index in [0.717, 1.165) is 17.7 Å². The van der Waals surface area contributed by atoms with Crippen LogP contribution in [0.2, 0.25) is 0 Å². The van der Waals surface area contributed by atoms with Crippen LogP contribution in [-0.4, -0.2) is 21.2 Å². The molecule has 0 aliphatic heterocycles. The van der Waals surface area contributed by atoms with Crippen molar-refractivity contribution in [1.29, 1.82) is 0 Å². The molecule has 0 spiro atoms. The highest BCUT2D eigenvalue weighted by Crippen LogP contribution is 2.30. The molecular formula is C20H18F3N3OS. The molecule has 3 aromatic rings. The van der Waals surface area contributed by atoms with Crippen LogP contribution in [0, 0.1) is 6.92 Å².